The molecule has 0 aliphatic carbocycles. The van der Waals surface area contributed by atoms with Crippen LogP contribution in [0.15, 0.2) is 18.2 Å². The molecule has 2 rings (SSSR count). The van der Waals surface area contributed by atoms with Crippen LogP contribution in [0.25, 0.3) is 0 Å². The highest BCUT2D eigenvalue weighted by atomic mass is 15.0. The predicted octanol–water partition coefficient (Wildman–Crippen LogP) is 2.91. The molecule has 1 aromatic rings. The van der Waals surface area contributed by atoms with E-state index in [0.717, 1.165) is 0 Å². The third kappa shape index (κ3) is 0.927. The molecule has 0 bridgehead atoms. The molecule has 0 amide bonds. The number of para-hydroxylation sites is 1. The highest BCUT2D eigenvalue weighted by Gasteiger charge is 2.25. The number of benzene rings is 1. The molecule has 1 aliphatic rings. The summed E-state index contributed by atoms with van der Waals surface area (Å²) in [4.78, 5) is 0. The van der Waals surface area contributed by atoms with Gasteiger partial charge in [0.2, 0.25) is 0 Å². The van der Waals surface area contributed by atoms with Crippen LogP contribution in [0.5, 0.6) is 0 Å². The summed E-state index contributed by atoms with van der Waals surface area (Å²) in [5.41, 5.74) is 4.20. The highest BCUT2D eigenvalue weighted by molar-refractivity contribution is 5.63. The van der Waals surface area contributed by atoms with Crippen LogP contribution >= 0.6 is 0 Å². The van der Waals surface area contributed by atoms with E-state index in [2.05, 4.69) is 44.3 Å². The Balaban J connectivity index is 2.53. The SMILES string of the molecule is Cc1cccc2c1N[C@@H](C)[C@H]2C. The smallest absolute Gasteiger partial charge is 0.0408 e. The summed E-state index contributed by atoms with van der Waals surface area (Å²) in [6.07, 6.45) is 0. The van der Waals surface area contributed by atoms with Gasteiger partial charge in [-0.05, 0) is 25.0 Å². The number of hydrogen-bond donors (Lipinski definition) is 1. The zero-order chi connectivity index (χ0) is 8.72. The standard InChI is InChI=1S/C11H15N/c1-7-5-4-6-10-8(2)9(3)12-11(7)10/h4-6,8-9,12H,1-3H3/t8-,9+/m1/s1. The van der Waals surface area contributed by atoms with Crippen LogP contribution in [-0.4, -0.2) is 6.04 Å². The zero-order valence-electron chi connectivity index (χ0n) is 7.89. The molecule has 0 saturated heterocycles. The number of fused-ring (bicyclic) bond motifs is 1. The molecule has 1 heteroatoms. The first-order chi connectivity index (χ1) is 5.70. The number of hydrogen-bond acceptors (Lipinski definition) is 1. The number of aryl methyl sites for hydroxylation is 1. The molecular weight excluding hydrogens is 146 g/mol. The van der Waals surface area contributed by atoms with Gasteiger partial charge in [-0.25, -0.2) is 0 Å². The molecule has 1 heterocycles. The maximum absolute atomic E-state index is 3.52. The first-order valence-corrected chi connectivity index (χ1v) is 4.56. The summed E-state index contributed by atoms with van der Waals surface area (Å²) < 4.78 is 0. The van der Waals surface area contributed by atoms with Crippen molar-refractivity contribution in [2.24, 2.45) is 0 Å². The Bertz CT molecular complexity index is 304. The lowest BCUT2D eigenvalue weighted by atomic mass is 9.97. The van der Waals surface area contributed by atoms with Gasteiger partial charge in [0.05, 0.1) is 0 Å². The van der Waals surface area contributed by atoms with Gasteiger partial charge < -0.3 is 5.32 Å². The Labute approximate surface area is 73.8 Å². The first kappa shape index (κ1) is 7.66. The van der Waals surface area contributed by atoms with Crippen molar-refractivity contribution in [1.82, 2.24) is 0 Å². The van der Waals surface area contributed by atoms with Crippen molar-refractivity contribution in [3.63, 3.8) is 0 Å². The van der Waals surface area contributed by atoms with Gasteiger partial charge >= 0.3 is 0 Å². The molecule has 0 spiro atoms. The van der Waals surface area contributed by atoms with E-state index < -0.39 is 0 Å². The van der Waals surface area contributed by atoms with Gasteiger partial charge in [-0.15, -0.1) is 0 Å². The normalized spacial score (nSPS) is 26.6. The molecule has 1 aliphatic heterocycles. The van der Waals surface area contributed by atoms with E-state index in [1.54, 1.807) is 0 Å². The van der Waals surface area contributed by atoms with E-state index in [1.165, 1.54) is 16.8 Å². The third-order valence-electron chi connectivity index (χ3n) is 2.92. The van der Waals surface area contributed by atoms with E-state index >= 15 is 0 Å². The van der Waals surface area contributed by atoms with Crippen molar-refractivity contribution in [2.75, 3.05) is 5.32 Å². The summed E-state index contributed by atoms with van der Waals surface area (Å²) in [5, 5.41) is 3.52. The predicted molar refractivity (Wildman–Crippen MR) is 52.7 cm³/mol. The summed E-state index contributed by atoms with van der Waals surface area (Å²) >= 11 is 0. The van der Waals surface area contributed by atoms with Crippen molar-refractivity contribution >= 4 is 5.69 Å². The van der Waals surface area contributed by atoms with Gasteiger partial charge in [0.1, 0.15) is 0 Å². The van der Waals surface area contributed by atoms with Crippen molar-refractivity contribution < 1.29 is 0 Å². The molecule has 0 saturated carbocycles. The monoisotopic (exact) mass is 161 g/mol. The molecule has 64 valence electrons. The zero-order valence-corrected chi connectivity index (χ0v) is 7.89. The Hall–Kier alpha value is -0.980. The van der Waals surface area contributed by atoms with E-state index in [0.29, 0.717) is 12.0 Å². The van der Waals surface area contributed by atoms with Gasteiger partial charge in [0.15, 0.2) is 0 Å². The first-order valence-electron chi connectivity index (χ1n) is 4.56. The minimum absolute atomic E-state index is 0.584. The van der Waals surface area contributed by atoms with Gasteiger partial charge in [0.25, 0.3) is 0 Å². The molecule has 1 aromatic carbocycles. The molecule has 0 unspecified atom stereocenters. The topological polar surface area (TPSA) is 12.0 Å². The van der Waals surface area contributed by atoms with E-state index in [1.807, 2.05) is 0 Å². The minimum atomic E-state index is 0.584. The molecule has 0 fully saturated rings. The third-order valence-corrected chi connectivity index (χ3v) is 2.92. The van der Waals surface area contributed by atoms with Gasteiger partial charge in [-0.2, -0.15) is 0 Å². The lowest BCUT2D eigenvalue weighted by molar-refractivity contribution is 0.690. The van der Waals surface area contributed by atoms with Crippen LogP contribution in [0.3, 0.4) is 0 Å². The maximum atomic E-state index is 3.52. The van der Waals surface area contributed by atoms with E-state index in [4.69, 9.17) is 0 Å². The fourth-order valence-electron chi connectivity index (χ4n) is 1.89. The van der Waals surface area contributed by atoms with E-state index in [-0.39, 0.29) is 0 Å². The maximum Gasteiger partial charge on any atom is 0.0408 e. The number of rotatable bonds is 0. The molecule has 12 heavy (non-hydrogen) atoms. The lowest BCUT2D eigenvalue weighted by Gasteiger charge is -2.08. The van der Waals surface area contributed by atoms with Crippen LogP contribution in [0.4, 0.5) is 5.69 Å². The van der Waals surface area contributed by atoms with Gasteiger partial charge in [-0.1, -0.05) is 25.1 Å². The summed E-state index contributed by atoms with van der Waals surface area (Å²) in [6, 6.07) is 7.12. The van der Waals surface area contributed by atoms with Crippen LogP contribution < -0.4 is 5.32 Å². The molecule has 1 N–H and O–H groups in total. The lowest BCUT2D eigenvalue weighted by Crippen LogP contribution is -2.12. The van der Waals surface area contributed by atoms with Crippen molar-refractivity contribution in [3.05, 3.63) is 29.3 Å². The van der Waals surface area contributed by atoms with Crippen LogP contribution in [0, 0.1) is 6.92 Å². The number of nitrogens with one attached hydrogen (secondary N) is 1. The fraction of sp³-hybridized carbons (Fsp3) is 0.455. The van der Waals surface area contributed by atoms with Crippen molar-refractivity contribution in [1.29, 1.82) is 0 Å². The van der Waals surface area contributed by atoms with Crippen LogP contribution in [0.1, 0.15) is 30.9 Å². The van der Waals surface area contributed by atoms with Crippen LogP contribution in [0.2, 0.25) is 0 Å². The van der Waals surface area contributed by atoms with Gasteiger partial charge in [0, 0.05) is 17.6 Å². The molecule has 1 nitrogen and oxygen atoms in total. The minimum Gasteiger partial charge on any atom is -0.382 e. The Morgan fingerprint density at radius 3 is 2.67 bits per heavy atom. The summed E-state index contributed by atoms with van der Waals surface area (Å²) in [7, 11) is 0. The van der Waals surface area contributed by atoms with Gasteiger partial charge in [-0.3, -0.25) is 0 Å². The van der Waals surface area contributed by atoms with Crippen LogP contribution in [-0.2, 0) is 0 Å². The average Bonchev–Trinajstić information content (AvgIpc) is 2.32. The fourth-order valence-corrected chi connectivity index (χ4v) is 1.89. The van der Waals surface area contributed by atoms with Crippen molar-refractivity contribution in [3.8, 4) is 0 Å². The molecule has 2 atom stereocenters. The average molecular weight is 161 g/mol. The quantitative estimate of drug-likeness (QED) is 0.617. The largest absolute Gasteiger partial charge is 0.382 e. The Morgan fingerprint density at radius 1 is 1.25 bits per heavy atom. The van der Waals surface area contributed by atoms with E-state index in [9.17, 15) is 0 Å². The van der Waals surface area contributed by atoms with Crippen molar-refractivity contribution in [2.45, 2.75) is 32.7 Å². The summed E-state index contributed by atoms with van der Waals surface area (Å²) in [6.45, 7) is 6.68. The molecule has 0 radical (unpaired) electrons. The second-order valence-electron chi connectivity index (χ2n) is 3.76. The molecular formula is C11H15N. The summed E-state index contributed by atoms with van der Waals surface area (Å²) in [5.74, 6) is 0.653. The Kier molecular flexibility index (Phi) is 1.60. The second-order valence-corrected chi connectivity index (χ2v) is 3.76. The number of anilines is 1. The highest BCUT2D eigenvalue weighted by Crippen LogP contribution is 2.37. The second kappa shape index (κ2) is 2.51. The Morgan fingerprint density at radius 2 is 2.00 bits per heavy atom. The molecule has 0 aromatic heterocycles.